The molecule has 0 saturated heterocycles. The lowest BCUT2D eigenvalue weighted by atomic mass is 10.0. The average Bonchev–Trinajstić information content (AvgIpc) is 3.16. The molecule has 0 fully saturated rings. The Labute approximate surface area is 169 Å². The molecular formula is C23H23FN2O3. The number of nitrogens with zero attached hydrogens (tertiary/aromatic N) is 2. The summed E-state index contributed by atoms with van der Waals surface area (Å²) < 4.78 is 25.0. The summed E-state index contributed by atoms with van der Waals surface area (Å²) in [4.78, 5) is 14.6. The maximum absolute atomic E-state index is 14.2. The van der Waals surface area contributed by atoms with Gasteiger partial charge in [0.15, 0.2) is 0 Å². The number of hydrogen-bond acceptors (Lipinski definition) is 4. The number of rotatable bonds is 5. The molecule has 2 heterocycles. The van der Waals surface area contributed by atoms with Crippen molar-refractivity contribution >= 4 is 5.91 Å². The second kappa shape index (κ2) is 8.07. The SMILES string of the molecule is COc1cc(CCC(=O)N2CCc3onc(-c4ccccc4F)c3C2)ccc1C. The number of benzene rings is 2. The lowest BCUT2D eigenvalue weighted by molar-refractivity contribution is -0.132. The fourth-order valence-corrected chi connectivity index (χ4v) is 3.72. The third-order valence-corrected chi connectivity index (χ3v) is 5.41. The fourth-order valence-electron chi connectivity index (χ4n) is 3.72. The molecule has 0 unspecified atom stereocenters. The Balaban J connectivity index is 1.46. The van der Waals surface area contributed by atoms with Gasteiger partial charge in [0.1, 0.15) is 23.0 Å². The average molecular weight is 394 g/mol. The Morgan fingerprint density at radius 2 is 2.10 bits per heavy atom. The van der Waals surface area contributed by atoms with Gasteiger partial charge in [0.25, 0.3) is 0 Å². The highest BCUT2D eigenvalue weighted by molar-refractivity contribution is 5.77. The van der Waals surface area contributed by atoms with Gasteiger partial charge in [0.05, 0.1) is 13.7 Å². The van der Waals surface area contributed by atoms with E-state index in [9.17, 15) is 9.18 Å². The van der Waals surface area contributed by atoms with Crippen LogP contribution in [0.3, 0.4) is 0 Å². The molecule has 0 radical (unpaired) electrons. The summed E-state index contributed by atoms with van der Waals surface area (Å²) in [5.41, 5.74) is 3.82. The van der Waals surface area contributed by atoms with E-state index in [4.69, 9.17) is 9.26 Å². The molecule has 4 rings (SSSR count). The van der Waals surface area contributed by atoms with Crippen LogP contribution in [0.15, 0.2) is 47.0 Å². The van der Waals surface area contributed by atoms with E-state index >= 15 is 0 Å². The number of ether oxygens (including phenoxy) is 1. The summed E-state index contributed by atoms with van der Waals surface area (Å²) in [5, 5.41) is 4.08. The van der Waals surface area contributed by atoms with Gasteiger partial charge in [0, 0.05) is 30.5 Å². The molecule has 0 saturated carbocycles. The Morgan fingerprint density at radius 1 is 1.28 bits per heavy atom. The summed E-state index contributed by atoms with van der Waals surface area (Å²) in [6.45, 7) is 2.96. The molecule has 5 nitrogen and oxygen atoms in total. The minimum absolute atomic E-state index is 0.0656. The van der Waals surface area contributed by atoms with Gasteiger partial charge in [-0.1, -0.05) is 29.4 Å². The highest BCUT2D eigenvalue weighted by Crippen LogP contribution is 2.31. The molecule has 0 spiro atoms. The summed E-state index contributed by atoms with van der Waals surface area (Å²) in [6.07, 6.45) is 1.63. The number of amides is 1. The molecular weight excluding hydrogens is 371 g/mol. The van der Waals surface area contributed by atoms with Crippen LogP contribution in [0.2, 0.25) is 0 Å². The van der Waals surface area contributed by atoms with Crippen molar-refractivity contribution in [2.45, 2.75) is 32.7 Å². The normalized spacial score (nSPS) is 13.3. The van der Waals surface area contributed by atoms with E-state index in [1.807, 2.05) is 25.1 Å². The fraction of sp³-hybridized carbons (Fsp3) is 0.304. The molecule has 1 aliphatic rings. The van der Waals surface area contributed by atoms with Crippen LogP contribution < -0.4 is 4.74 Å². The number of methoxy groups -OCH3 is 1. The van der Waals surface area contributed by atoms with Gasteiger partial charge in [-0.05, 0) is 42.7 Å². The van der Waals surface area contributed by atoms with Crippen molar-refractivity contribution in [1.82, 2.24) is 10.1 Å². The maximum atomic E-state index is 14.2. The lowest BCUT2D eigenvalue weighted by Crippen LogP contribution is -2.35. The molecule has 150 valence electrons. The number of carbonyl (C=O) groups excluding carboxylic acids is 1. The summed E-state index contributed by atoms with van der Waals surface area (Å²) in [6, 6.07) is 12.5. The van der Waals surface area contributed by atoms with E-state index in [2.05, 4.69) is 5.16 Å². The van der Waals surface area contributed by atoms with E-state index in [0.717, 1.165) is 28.2 Å². The van der Waals surface area contributed by atoms with Gasteiger partial charge in [-0.25, -0.2) is 4.39 Å². The standard InChI is InChI=1S/C23H23FN2O3/c1-15-7-8-16(13-21(15)28-2)9-10-22(27)26-12-11-20-18(14-26)23(25-29-20)17-5-3-4-6-19(17)24/h3-8,13H,9-12,14H2,1-2H3. The number of hydrogen-bond donors (Lipinski definition) is 0. The van der Waals surface area contributed by atoms with Crippen molar-refractivity contribution in [2.75, 3.05) is 13.7 Å². The third kappa shape index (κ3) is 3.88. The zero-order valence-electron chi connectivity index (χ0n) is 16.6. The first-order chi connectivity index (χ1) is 14.1. The maximum Gasteiger partial charge on any atom is 0.223 e. The summed E-state index contributed by atoms with van der Waals surface area (Å²) >= 11 is 0. The lowest BCUT2D eigenvalue weighted by Gasteiger charge is -2.26. The zero-order valence-corrected chi connectivity index (χ0v) is 16.6. The first-order valence-corrected chi connectivity index (χ1v) is 9.70. The largest absolute Gasteiger partial charge is 0.496 e. The Kier molecular flexibility index (Phi) is 5.34. The van der Waals surface area contributed by atoms with Crippen LogP contribution in [0.5, 0.6) is 5.75 Å². The molecule has 3 aromatic rings. The molecule has 0 aliphatic carbocycles. The van der Waals surface area contributed by atoms with Gasteiger partial charge in [-0.15, -0.1) is 0 Å². The molecule has 29 heavy (non-hydrogen) atoms. The Morgan fingerprint density at radius 3 is 2.90 bits per heavy atom. The number of fused-ring (bicyclic) bond motifs is 1. The first-order valence-electron chi connectivity index (χ1n) is 9.70. The molecule has 1 aromatic heterocycles. The predicted molar refractivity (Wildman–Crippen MR) is 107 cm³/mol. The molecule has 2 aromatic carbocycles. The molecule has 0 atom stereocenters. The van der Waals surface area contributed by atoms with Gasteiger partial charge < -0.3 is 14.2 Å². The van der Waals surface area contributed by atoms with Crippen molar-refractivity contribution < 1.29 is 18.4 Å². The van der Waals surface area contributed by atoms with Gasteiger partial charge >= 0.3 is 0 Å². The number of halogens is 1. The molecule has 1 aliphatic heterocycles. The minimum Gasteiger partial charge on any atom is -0.496 e. The van der Waals surface area contributed by atoms with E-state index in [1.165, 1.54) is 6.07 Å². The van der Waals surface area contributed by atoms with Gasteiger partial charge in [-0.3, -0.25) is 4.79 Å². The van der Waals surface area contributed by atoms with E-state index < -0.39 is 0 Å². The van der Waals surface area contributed by atoms with Crippen LogP contribution in [0.1, 0.15) is 28.9 Å². The molecule has 6 heteroatoms. The Hall–Kier alpha value is -3.15. The van der Waals surface area contributed by atoms with Gasteiger partial charge in [-0.2, -0.15) is 0 Å². The van der Waals surface area contributed by atoms with Crippen LogP contribution in [0, 0.1) is 12.7 Å². The predicted octanol–water partition coefficient (Wildman–Crippen LogP) is 4.32. The van der Waals surface area contributed by atoms with Gasteiger partial charge in [0.2, 0.25) is 5.91 Å². The van der Waals surface area contributed by atoms with Crippen molar-refractivity contribution in [1.29, 1.82) is 0 Å². The van der Waals surface area contributed by atoms with E-state index in [1.54, 1.807) is 30.2 Å². The van der Waals surface area contributed by atoms with Crippen LogP contribution in [-0.2, 0) is 24.2 Å². The first kappa shape index (κ1) is 19.2. The van der Waals surface area contributed by atoms with Crippen LogP contribution in [-0.4, -0.2) is 29.6 Å². The highest BCUT2D eigenvalue weighted by Gasteiger charge is 2.28. The second-order valence-electron chi connectivity index (χ2n) is 7.28. The minimum atomic E-state index is -0.347. The smallest absolute Gasteiger partial charge is 0.223 e. The van der Waals surface area contributed by atoms with Crippen LogP contribution in [0.4, 0.5) is 4.39 Å². The number of carbonyl (C=O) groups is 1. The molecule has 1 amide bonds. The Bertz CT molecular complexity index is 1040. The van der Waals surface area contributed by atoms with Crippen LogP contribution >= 0.6 is 0 Å². The molecule has 0 bridgehead atoms. The highest BCUT2D eigenvalue weighted by atomic mass is 19.1. The third-order valence-electron chi connectivity index (χ3n) is 5.41. The molecule has 0 N–H and O–H groups in total. The zero-order chi connectivity index (χ0) is 20.4. The quantitative estimate of drug-likeness (QED) is 0.647. The second-order valence-corrected chi connectivity index (χ2v) is 7.28. The van der Waals surface area contributed by atoms with E-state index in [-0.39, 0.29) is 11.7 Å². The number of aromatic nitrogens is 1. The summed E-state index contributed by atoms with van der Waals surface area (Å²) in [5.74, 6) is 1.28. The van der Waals surface area contributed by atoms with E-state index in [0.29, 0.717) is 43.6 Å². The van der Waals surface area contributed by atoms with Crippen molar-refractivity contribution in [3.63, 3.8) is 0 Å². The topological polar surface area (TPSA) is 55.6 Å². The van der Waals surface area contributed by atoms with Crippen molar-refractivity contribution in [3.8, 4) is 17.0 Å². The number of aryl methyl sites for hydroxylation is 2. The summed E-state index contributed by atoms with van der Waals surface area (Å²) in [7, 11) is 1.65. The van der Waals surface area contributed by atoms with Crippen LogP contribution in [0.25, 0.3) is 11.3 Å². The van der Waals surface area contributed by atoms with Crippen molar-refractivity contribution in [2.24, 2.45) is 0 Å². The van der Waals surface area contributed by atoms with Crippen molar-refractivity contribution in [3.05, 3.63) is 70.7 Å². The monoisotopic (exact) mass is 394 g/mol.